The minimum Gasteiger partial charge on any atom is -0.394 e. The molecule has 0 spiro atoms. The molecule has 0 saturated carbocycles. The summed E-state index contributed by atoms with van der Waals surface area (Å²) < 4.78 is 0. The minimum atomic E-state index is -0.488. The number of aliphatic hydroxyl groups excluding tert-OH is 1. The highest BCUT2D eigenvalue weighted by molar-refractivity contribution is 5.82. The van der Waals surface area contributed by atoms with Gasteiger partial charge in [-0.2, -0.15) is 0 Å². The molecule has 1 amide bonds. The van der Waals surface area contributed by atoms with Crippen LogP contribution in [0, 0.1) is 5.92 Å². The van der Waals surface area contributed by atoms with Gasteiger partial charge in [0.25, 0.3) is 0 Å². The Bertz CT molecular complexity index is 252. The van der Waals surface area contributed by atoms with Crippen LogP contribution < -0.4 is 10.6 Å². The van der Waals surface area contributed by atoms with Crippen molar-refractivity contribution in [1.29, 1.82) is 0 Å². The minimum absolute atomic E-state index is 0.0147. The summed E-state index contributed by atoms with van der Waals surface area (Å²) in [6, 6.07) is -0.0916. The van der Waals surface area contributed by atoms with Crippen LogP contribution >= 0.6 is 0 Å². The van der Waals surface area contributed by atoms with Crippen molar-refractivity contribution in [3.05, 3.63) is 0 Å². The van der Waals surface area contributed by atoms with Crippen LogP contribution in [-0.2, 0) is 4.79 Å². The van der Waals surface area contributed by atoms with Crippen LogP contribution in [-0.4, -0.2) is 35.7 Å². The van der Waals surface area contributed by atoms with Crippen LogP contribution in [0.1, 0.15) is 46.5 Å². The summed E-state index contributed by atoms with van der Waals surface area (Å²) in [5.74, 6) is 0.676. The van der Waals surface area contributed by atoms with E-state index in [1.807, 2.05) is 13.8 Å². The lowest BCUT2D eigenvalue weighted by molar-refractivity contribution is -0.126. The van der Waals surface area contributed by atoms with Crippen molar-refractivity contribution in [1.82, 2.24) is 10.6 Å². The van der Waals surface area contributed by atoms with E-state index in [0.29, 0.717) is 5.92 Å². The summed E-state index contributed by atoms with van der Waals surface area (Å²) in [6.07, 6.45) is 3.94. The van der Waals surface area contributed by atoms with Crippen LogP contribution in [0.2, 0.25) is 0 Å². The Morgan fingerprint density at radius 3 is 2.76 bits per heavy atom. The Kier molecular flexibility index (Phi) is 5.40. The SMILES string of the molecule is CCC1CCNC(C(=O)NC(C)(CC)CO)C1. The lowest BCUT2D eigenvalue weighted by Crippen LogP contribution is -2.56. The second-order valence-electron chi connectivity index (χ2n) is 5.37. The lowest BCUT2D eigenvalue weighted by atomic mass is 9.89. The van der Waals surface area contributed by atoms with Crippen LogP contribution in [0.15, 0.2) is 0 Å². The van der Waals surface area contributed by atoms with Gasteiger partial charge in [-0.15, -0.1) is 0 Å². The Morgan fingerprint density at radius 2 is 2.24 bits per heavy atom. The quantitative estimate of drug-likeness (QED) is 0.675. The van der Waals surface area contributed by atoms with Gasteiger partial charge in [0.15, 0.2) is 0 Å². The maximum Gasteiger partial charge on any atom is 0.237 e. The number of piperidine rings is 1. The van der Waals surface area contributed by atoms with E-state index in [1.54, 1.807) is 0 Å². The van der Waals surface area contributed by atoms with Crippen molar-refractivity contribution in [2.24, 2.45) is 5.92 Å². The van der Waals surface area contributed by atoms with E-state index < -0.39 is 5.54 Å². The van der Waals surface area contributed by atoms with Crippen LogP contribution in [0.25, 0.3) is 0 Å². The van der Waals surface area contributed by atoms with E-state index >= 15 is 0 Å². The van der Waals surface area contributed by atoms with E-state index in [1.165, 1.54) is 0 Å². The zero-order valence-electron chi connectivity index (χ0n) is 11.3. The number of rotatable bonds is 5. The fourth-order valence-electron chi connectivity index (χ4n) is 2.19. The molecule has 0 bridgehead atoms. The van der Waals surface area contributed by atoms with Crippen molar-refractivity contribution < 1.29 is 9.90 Å². The van der Waals surface area contributed by atoms with Gasteiger partial charge in [0.05, 0.1) is 18.2 Å². The molecule has 17 heavy (non-hydrogen) atoms. The summed E-state index contributed by atoms with van der Waals surface area (Å²) in [6.45, 7) is 6.93. The molecular formula is C13H26N2O2. The van der Waals surface area contributed by atoms with Crippen LogP contribution in [0.5, 0.6) is 0 Å². The summed E-state index contributed by atoms with van der Waals surface area (Å²) in [7, 11) is 0. The van der Waals surface area contributed by atoms with Gasteiger partial charge in [-0.25, -0.2) is 0 Å². The lowest BCUT2D eigenvalue weighted by Gasteiger charge is -2.33. The number of carbonyl (C=O) groups excluding carboxylic acids is 1. The van der Waals surface area contributed by atoms with Gasteiger partial charge in [0.1, 0.15) is 0 Å². The number of amides is 1. The zero-order chi connectivity index (χ0) is 12.9. The highest BCUT2D eigenvalue weighted by Gasteiger charge is 2.30. The average molecular weight is 242 g/mol. The first-order valence-electron chi connectivity index (χ1n) is 6.71. The average Bonchev–Trinajstić information content (AvgIpc) is 2.38. The summed E-state index contributed by atoms with van der Waals surface area (Å²) in [5.41, 5.74) is -0.488. The van der Waals surface area contributed by atoms with Crippen LogP contribution in [0.3, 0.4) is 0 Å². The molecule has 0 aliphatic carbocycles. The molecule has 1 fully saturated rings. The third-order valence-corrected chi connectivity index (χ3v) is 3.96. The summed E-state index contributed by atoms with van der Waals surface area (Å²) in [5, 5.41) is 15.5. The predicted molar refractivity (Wildman–Crippen MR) is 68.7 cm³/mol. The molecule has 0 aromatic heterocycles. The largest absolute Gasteiger partial charge is 0.394 e. The van der Waals surface area contributed by atoms with Crippen molar-refractivity contribution in [3.8, 4) is 0 Å². The maximum absolute atomic E-state index is 12.1. The monoisotopic (exact) mass is 242 g/mol. The molecule has 3 atom stereocenters. The fraction of sp³-hybridized carbons (Fsp3) is 0.923. The summed E-state index contributed by atoms with van der Waals surface area (Å²) >= 11 is 0. The fourth-order valence-corrected chi connectivity index (χ4v) is 2.19. The van der Waals surface area contributed by atoms with Crippen LogP contribution in [0.4, 0.5) is 0 Å². The van der Waals surface area contributed by atoms with E-state index in [0.717, 1.165) is 32.2 Å². The highest BCUT2D eigenvalue weighted by atomic mass is 16.3. The molecule has 3 unspecified atom stereocenters. The smallest absolute Gasteiger partial charge is 0.237 e. The third-order valence-electron chi connectivity index (χ3n) is 3.96. The molecular weight excluding hydrogens is 216 g/mol. The Labute approximate surface area is 104 Å². The topological polar surface area (TPSA) is 61.4 Å². The molecule has 4 heteroatoms. The Morgan fingerprint density at radius 1 is 1.53 bits per heavy atom. The number of aliphatic hydroxyl groups is 1. The van der Waals surface area contributed by atoms with E-state index in [9.17, 15) is 9.90 Å². The van der Waals surface area contributed by atoms with Gasteiger partial charge in [-0.1, -0.05) is 20.3 Å². The van der Waals surface area contributed by atoms with E-state index in [-0.39, 0.29) is 18.6 Å². The first-order valence-corrected chi connectivity index (χ1v) is 6.71. The van der Waals surface area contributed by atoms with Gasteiger partial charge in [-0.3, -0.25) is 4.79 Å². The number of nitrogens with one attached hydrogen (secondary N) is 2. The van der Waals surface area contributed by atoms with Crippen molar-refractivity contribution in [2.45, 2.75) is 58.0 Å². The molecule has 1 saturated heterocycles. The standard InChI is InChI=1S/C13H26N2O2/c1-4-10-6-7-14-11(8-10)12(17)15-13(3,5-2)9-16/h10-11,14,16H,4-9H2,1-3H3,(H,15,17). The second kappa shape index (κ2) is 6.36. The maximum atomic E-state index is 12.1. The molecule has 1 aliphatic heterocycles. The molecule has 100 valence electrons. The number of hydrogen-bond donors (Lipinski definition) is 3. The first-order chi connectivity index (χ1) is 8.04. The molecule has 0 radical (unpaired) electrons. The molecule has 1 heterocycles. The molecule has 0 aromatic rings. The van der Waals surface area contributed by atoms with Gasteiger partial charge >= 0.3 is 0 Å². The van der Waals surface area contributed by atoms with Gasteiger partial charge < -0.3 is 15.7 Å². The van der Waals surface area contributed by atoms with Gasteiger partial charge in [0, 0.05) is 0 Å². The van der Waals surface area contributed by atoms with Crippen molar-refractivity contribution >= 4 is 5.91 Å². The van der Waals surface area contributed by atoms with Crippen molar-refractivity contribution in [3.63, 3.8) is 0 Å². The zero-order valence-corrected chi connectivity index (χ0v) is 11.3. The number of hydrogen-bond acceptors (Lipinski definition) is 3. The van der Waals surface area contributed by atoms with Gasteiger partial charge in [0.2, 0.25) is 5.91 Å². The third kappa shape index (κ3) is 3.96. The highest BCUT2D eigenvalue weighted by Crippen LogP contribution is 2.20. The molecule has 1 rings (SSSR count). The molecule has 4 nitrogen and oxygen atoms in total. The molecule has 1 aliphatic rings. The summed E-state index contributed by atoms with van der Waals surface area (Å²) in [4.78, 5) is 12.1. The predicted octanol–water partition coefficient (Wildman–Crippen LogP) is 1.04. The molecule has 3 N–H and O–H groups in total. The van der Waals surface area contributed by atoms with E-state index in [2.05, 4.69) is 17.6 Å². The molecule has 0 aromatic carbocycles. The normalized spacial score (nSPS) is 28.5. The Balaban J connectivity index is 2.52. The first kappa shape index (κ1) is 14.5. The van der Waals surface area contributed by atoms with Gasteiger partial charge in [-0.05, 0) is 38.6 Å². The number of carbonyl (C=O) groups is 1. The van der Waals surface area contributed by atoms with E-state index in [4.69, 9.17) is 0 Å². The Hall–Kier alpha value is -0.610. The second-order valence-corrected chi connectivity index (χ2v) is 5.37. The van der Waals surface area contributed by atoms with Crippen molar-refractivity contribution in [2.75, 3.05) is 13.2 Å².